The van der Waals surface area contributed by atoms with Gasteiger partial charge in [-0.15, -0.1) is 0 Å². The second-order valence-corrected chi connectivity index (χ2v) is 4.09. The van der Waals surface area contributed by atoms with Gasteiger partial charge in [-0.1, -0.05) is 12.1 Å². The molecule has 0 radical (unpaired) electrons. The molecule has 0 aliphatic rings. The molecule has 18 heavy (non-hydrogen) atoms. The van der Waals surface area contributed by atoms with Crippen molar-refractivity contribution in [2.45, 2.75) is 13.5 Å². The average Bonchev–Trinajstić information content (AvgIpc) is 2.40. The maximum atomic E-state index is 5.85. The van der Waals surface area contributed by atoms with Crippen LogP contribution < -0.4 is 15.2 Å². The third kappa shape index (κ3) is 2.81. The molecule has 2 aromatic rings. The molecule has 0 bridgehead atoms. The van der Waals surface area contributed by atoms with E-state index in [9.17, 15) is 0 Å². The summed E-state index contributed by atoms with van der Waals surface area (Å²) in [6, 6.07) is 13.5. The van der Waals surface area contributed by atoms with E-state index in [0.717, 1.165) is 28.4 Å². The van der Waals surface area contributed by atoms with E-state index in [4.69, 9.17) is 15.2 Å². The van der Waals surface area contributed by atoms with E-state index in [1.807, 2.05) is 49.4 Å². The Hall–Kier alpha value is -2.00. The molecule has 0 spiro atoms. The number of nitrogens with two attached hydrogens (primary N) is 1. The number of ether oxygens (including phenoxy) is 2. The number of rotatable bonds is 4. The van der Waals surface area contributed by atoms with Crippen molar-refractivity contribution in [1.82, 2.24) is 0 Å². The van der Waals surface area contributed by atoms with E-state index < -0.39 is 0 Å². The van der Waals surface area contributed by atoms with Gasteiger partial charge >= 0.3 is 0 Å². The minimum atomic E-state index is 0.464. The fraction of sp³-hybridized carbons (Fsp3) is 0.200. The minimum Gasteiger partial charge on any atom is -0.497 e. The summed E-state index contributed by atoms with van der Waals surface area (Å²) in [5.74, 6) is 2.39. The first kappa shape index (κ1) is 12.5. The summed E-state index contributed by atoms with van der Waals surface area (Å²) in [5.41, 5.74) is 7.85. The highest BCUT2D eigenvalue weighted by molar-refractivity contribution is 5.41. The third-order valence-electron chi connectivity index (χ3n) is 2.73. The van der Waals surface area contributed by atoms with Gasteiger partial charge in [0.15, 0.2) is 0 Å². The third-order valence-corrected chi connectivity index (χ3v) is 2.73. The van der Waals surface area contributed by atoms with Crippen LogP contribution in [0.1, 0.15) is 11.1 Å². The summed E-state index contributed by atoms with van der Waals surface area (Å²) in [4.78, 5) is 0. The largest absolute Gasteiger partial charge is 0.497 e. The molecule has 2 aromatic carbocycles. The summed E-state index contributed by atoms with van der Waals surface area (Å²) >= 11 is 0. The second kappa shape index (κ2) is 5.56. The lowest BCUT2D eigenvalue weighted by Gasteiger charge is -2.11. The molecule has 0 fully saturated rings. The monoisotopic (exact) mass is 243 g/mol. The fourth-order valence-corrected chi connectivity index (χ4v) is 1.70. The lowest BCUT2D eigenvalue weighted by Crippen LogP contribution is -1.99. The van der Waals surface area contributed by atoms with E-state index in [0.29, 0.717) is 6.54 Å². The summed E-state index contributed by atoms with van der Waals surface area (Å²) in [5, 5.41) is 0. The first-order chi connectivity index (χ1) is 8.72. The fourth-order valence-electron chi connectivity index (χ4n) is 1.70. The Morgan fingerprint density at radius 1 is 1.00 bits per heavy atom. The van der Waals surface area contributed by atoms with Crippen molar-refractivity contribution < 1.29 is 9.47 Å². The van der Waals surface area contributed by atoms with Crippen LogP contribution in [-0.2, 0) is 6.54 Å². The smallest absolute Gasteiger partial charge is 0.132 e. The topological polar surface area (TPSA) is 44.5 Å². The zero-order valence-corrected chi connectivity index (χ0v) is 10.6. The van der Waals surface area contributed by atoms with Crippen molar-refractivity contribution >= 4 is 0 Å². The van der Waals surface area contributed by atoms with Gasteiger partial charge in [-0.2, -0.15) is 0 Å². The van der Waals surface area contributed by atoms with Crippen LogP contribution in [0.3, 0.4) is 0 Å². The molecule has 0 heterocycles. The van der Waals surface area contributed by atoms with Crippen LogP contribution in [0.2, 0.25) is 0 Å². The Labute approximate surface area is 107 Å². The van der Waals surface area contributed by atoms with Gasteiger partial charge in [0.05, 0.1) is 7.11 Å². The lowest BCUT2D eigenvalue weighted by atomic mass is 10.1. The maximum Gasteiger partial charge on any atom is 0.132 e. The second-order valence-electron chi connectivity index (χ2n) is 4.09. The predicted molar refractivity (Wildman–Crippen MR) is 72.1 cm³/mol. The van der Waals surface area contributed by atoms with Gasteiger partial charge in [-0.05, 0) is 42.8 Å². The first-order valence-corrected chi connectivity index (χ1v) is 5.84. The molecule has 3 heteroatoms. The molecule has 0 aliphatic carbocycles. The van der Waals surface area contributed by atoms with Crippen molar-refractivity contribution in [3.8, 4) is 17.2 Å². The maximum absolute atomic E-state index is 5.85. The first-order valence-electron chi connectivity index (χ1n) is 5.84. The molecule has 0 amide bonds. The highest BCUT2D eigenvalue weighted by Gasteiger charge is 2.04. The highest BCUT2D eigenvalue weighted by atomic mass is 16.5. The van der Waals surface area contributed by atoms with E-state index >= 15 is 0 Å². The van der Waals surface area contributed by atoms with Crippen LogP contribution in [0.25, 0.3) is 0 Å². The van der Waals surface area contributed by atoms with Gasteiger partial charge in [0.2, 0.25) is 0 Å². The van der Waals surface area contributed by atoms with Crippen LogP contribution in [0.5, 0.6) is 17.2 Å². The molecule has 0 aliphatic heterocycles. The van der Waals surface area contributed by atoms with Gasteiger partial charge in [-0.3, -0.25) is 0 Å². The Morgan fingerprint density at radius 3 is 2.28 bits per heavy atom. The van der Waals surface area contributed by atoms with Crippen molar-refractivity contribution in [1.29, 1.82) is 0 Å². The summed E-state index contributed by atoms with van der Waals surface area (Å²) < 4.78 is 11.0. The Balaban J connectivity index is 2.24. The van der Waals surface area contributed by atoms with Crippen molar-refractivity contribution in [3.63, 3.8) is 0 Å². The normalized spacial score (nSPS) is 10.2. The molecular weight excluding hydrogens is 226 g/mol. The predicted octanol–water partition coefficient (Wildman–Crippen LogP) is 3.25. The number of aryl methyl sites for hydroxylation is 1. The number of methoxy groups -OCH3 is 1. The van der Waals surface area contributed by atoms with Crippen LogP contribution in [0, 0.1) is 6.92 Å². The van der Waals surface area contributed by atoms with Crippen molar-refractivity contribution in [2.75, 3.05) is 7.11 Å². The van der Waals surface area contributed by atoms with Crippen LogP contribution >= 0.6 is 0 Å². The standard InChI is InChI=1S/C15H17NO2/c1-11-3-4-12(10-16)15(9-11)18-14-7-5-13(17-2)6-8-14/h3-9H,10,16H2,1-2H3. The zero-order valence-electron chi connectivity index (χ0n) is 10.6. The molecule has 0 saturated carbocycles. The molecule has 2 rings (SSSR count). The van der Waals surface area contributed by atoms with Gasteiger partial charge < -0.3 is 15.2 Å². The Kier molecular flexibility index (Phi) is 3.85. The van der Waals surface area contributed by atoms with E-state index in [-0.39, 0.29) is 0 Å². The molecule has 3 nitrogen and oxygen atoms in total. The summed E-state index contributed by atoms with van der Waals surface area (Å²) in [6.07, 6.45) is 0. The van der Waals surface area contributed by atoms with Crippen LogP contribution in [0.15, 0.2) is 42.5 Å². The van der Waals surface area contributed by atoms with Crippen LogP contribution in [0.4, 0.5) is 0 Å². The summed E-state index contributed by atoms with van der Waals surface area (Å²) in [6.45, 7) is 2.49. The van der Waals surface area contributed by atoms with Gasteiger partial charge in [0, 0.05) is 12.1 Å². The van der Waals surface area contributed by atoms with Gasteiger partial charge in [0.25, 0.3) is 0 Å². The van der Waals surface area contributed by atoms with E-state index in [1.165, 1.54) is 0 Å². The van der Waals surface area contributed by atoms with Crippen LogP contribution in [-0.4, -0.2) is 7.11 Å². The number of hydrogen-bond acceptors (Lipinski definition) is 3. The lowest BCUT2D eigenvalue weighted by molar-refractivity contribution is 0.412. The van der Waals surface area contributed by atoms with Crippen molar-refractivity contribution in [3.05, 3.63) is 53.6 Å². The quantitative estimate of drug-likeness (QED) is 0.896. The molecule has 0 atom stereocenters. The molecule has 2 N–H and O–H groups in total. The van der Waals surface area contributed by atoms with Gasteiger partial charge in [-0.25, -0.2) is 0 Å². The molecular formula is C15H17NO2. The SMILES string of the molecule is COc1ccc(Oc2cc(C)ccc2CN)cc1. The number of hydrogen-bond donors (Lipinski definition) is 1. The van der Waals surface area contributed by atoms with E-state index in [2.05, 4.69) is 0 Å². The minimum absolute atomic E-state index is 0.464. The van der Waals surface area contributed by atoms with Gasteiger partial charge in [0.1, 0.15) is 17.2 Å². The Morgan fingerprint density at radius 2 is 1.67 bits per heavy atom. The average molecular weight is 243 g/mol. The highest BCUT2D eigenvalue weighted by Crippen LogP contribution is 2.27. The molecule has 0 saturated heterocycles. The zero-order chi connectivity index (χ0) is 13.0. The van der Waals surface area contributed by atoms with E-state index in [1.54, 1.807) is 7.11 Å². The van der Waals surface area contributed by atoms with Crippen molar-refractivity contribution in [2.24, 2.45) is 5.73 Å². The molecule has 0 unspecified atom stereocenters. The Bertz CT molecular complexity index is 521. The molecule has 94 valence electrons. The molecule has 0 aromatic heterocycles. The summed E-state index contributed by atoms with van der Waals surface area (Å²) in [7, 11) is 1.64. The number of benzene rings is 2.